The number of rotatable bonds is 4. The number of anilines is 1. The third kappa shape index (κ3) is 3.79. The van der Waals surface area contributed by atoms with Crippen molar-refractivity contribution in [3.63, 3.8) is 0 Å². The van der Waals surface area contributed by atoms with Crippen molar-refractivity contribution in [1.82, 2.24) is 4.98 Å². The lowest BCUT2D eigenvalue weighted by molar-refractivity contribution is 0.1000. The highest BCUT2D eigenvalue weighted by Gasteiger charge is 2.17. The molecule has 0 unspecified atom stereocenters. The minimum Gasteiger partial charge on any atom is -0.366 e. The van der Waals surface area contributed by atoms with Crippen molar-refractivity contribution >= 4 is 37.7 Å². The number of aryl methyl sites for hydroxylation is 1. The molecule has 21 heavy (non-hydrogen) atoms. The van der Waals surface area contributed by atoms with Crippen molar-refractivity contribution in [3.8, 4) is 0 Å². The molecule has 3 N–H and O–H groups in total. The number of pyridine rings is 1. The van der Waals surface area contributed by atoms with Crippen LogP contribution in [0, 0.1) is 6.92 Å². The van der Waals surface area contributed by atoms with E-state index >= 15 is 0 Å². The van der Waals surface area contributed by atoms with Gasteiger partial charge in [0.2, 0.25) is 5.91 Å². The van der Waals surface area contributed by atoms with Crippen molar-refractivity contribution in [2.75, 3.05) is 4.72 Å². The van der Waals surface area contributed by atoms with Gasteiger partial charge in [0.25, 0.3) is 10.0 Å². The van der Waals surface area contributed by atoms with Crippen molar-refractivity contribution in [2.45, 2.75) is 11.8 Å². The Labute approximate surface area is 130 Å². The number of sulfonamides is 1. The maximum atomic E-state index is 12.3. The third-order valence-corrected chi connectivity index (χ3v) is 4.39. The second-order valence-electron chi connectivity index (χ2n) is 4.31. The SMILES string of the molecule is Cc1cccc(NS(=O)(=O)c2cc(Br)cc(C(N)=O)c2)n1. The molecule has 110 valence electrons. The van der Waals surface area contributed by atoms with Crippen molar-refractivity contribution in [1.29, 1.82) is 0 Å². The lowest BCUT2D eigenvalue weighted by atomic mass is 10.2. The van der Waals surface area contributed by atoms with Gasteiger partial charge < -0.3 is 5.73 Å². The topological polar surface area (TPSA) is 102 Å². The van der Waals surface area contributed by atoms with Crippen LogP contribution in [0.2, 0.25) is 0 Å². The number of primary amides is 1. The largest absolute Gasteiger partial charge is 0.366 e. The molecule has 0 fully saturated rings. The van der Waals surface area contributed by atoms with Crippen LogP contribution < -0.4 is 10.5 Å². The van der Waals surface area contributed by atoms with Gasteiger partial charge in [0.05, 0.1) is 4.90 Å². The summed E-state index contributed by atoms with van der Waals surface area (Å²) in [6, 6.07) is 9.03. The van der Waals surface area contributed by atoms with Crippen LogP contribution in [0.4, 0.5) is 5.82 Å². The second kappa shape index (κ2) is 5.82. The summed E-state index contributed by atoms with van der Waals surface area (Å²) in [5, 5.41) is 0. The molecule has 1 aromatic carbocycles. The van der Waals surface area contributed by atoms with E-state index < -0.39 is 15.9 Å². The molecule has 0 aliphatic heterocycles. The zero-order valence-electron chi connectivity index (χ0n) is 11.0. The zero-order valence-corrected chi connectivity index (χ0v) is 13.4. The van der Waals surface area contributed by atoms with Crippen LogP contribution in [-0.2, 0) is 10.0 Å². The number of amides is 1. The van der Waals surface area contributed by atoms with Gasteiger partial charge in [-0.3, -0.25) is 9.52 Å². The van der Waals surface area contributed by atoms with Gasteiger partial charge in [-0.2, -0.15) is 0 Å². The fourth-order valence-corrected chi connectivity index (χ4v) is 3.37. The first kappa shape index (κ1) is 15.5. The number of nitrogens with zero attached hydrogens (tertiary/aromatic N) is 1. The Morgan fingerprint density at radius 3 is 2.62 bits per heavy atom. The minimum absolute atomic E-state index is 0.0750. The average Bonchev–Trinajstić information content (AvgIpc) is 2.37. The maximum absolute atomic E-state index is 12.3. The lowest BCUT2D eigenvalue weighted by Crippen LogP contribution is -2.16. The van der Waals surface area contributed by atoms with Crippen molar-refractivity contribution in [3.05, 3.63) is 52.1 Å². The molecule has 0 aliphatic carbocycles. The quantitative estimate of drug-likeness (QED) is 0.860. The number of benzene rings is 1. The van der Waals surface area contributed by atoms with Crippen LogP contribution in [0.25, 0.3) is 0 Å². The third-order valence-electron chi connectivity index (χ3n) is 2.59. The molecule has 0 saturated carbocycles. The van der Waals surface area contributed by atoms with Gasteiger partial charge in [-0.05, 0) is 37.3 Å². The highest BCUT2D eigenvalue weighted by atomic mass is 79.9. The first-order valence-electron chi connectivity index (χ1n) is 5.85. The number of hydrogen-bond donors (Lipinski definition) is 2. The van der Waals surface area contributed by atoms with Crippen LogP contribution in [0.15, 0.2) is 45.8 Å². The van der Waals surface area contributed by atoms with E-state index in [1.165, 1.54) is 24.3 Å². The Hall–Kier alpha value is -1.93. The summed E-state index contributed by atoms with van der Waals surface area (Å²) in [4.78, 5) is 15.2. The molecule has 2 aromatic rings. The van der Waals surface area contributed by atoms with E-state index in [1.807, 2.05) is 0 Å². The minimum atomic E-state index is -3.86. The van der Waals surface area contributed by atoms with E-state index in [1.54, 1.807) is 19.1 Å². The van der Waals surface area contributed by atoms with E-state index in [0.29, 0.717) is 10.2 Å². The summed E-state index contributed by atoms with van der Waals surface area (Å²) < 4.78 is 27.4. The molecule has 8 heteroatoms. The van der Waals surface area contributed by atoms with Gasteiger partial charge >= 0.3 is 0 Å². The van der Waals surface area contributed by atoms with Gasteiger partial charge in [0, 0.05) is 15.7 Å². The number of hydrogen-bond acceptors (Lipinski definition) is 4. The van der Waals surface area contributed by atoms with Crippen molar-refractivity contribution < 1.29 is 13.2 Å². The van der Waals surface area contributed by atoms with Crippen LogP contribution >= 0.6 is 15.9 Å². The maximum Gasteiger partial charge on any atom is 0.263 e. The molecule has 6 nitrogen and oxygen atoms in total. The molecule has 0 aliphatic rings. The summed E-state index contributed by atoms with van der Waals surface area (Å²) in [5.74, 6) is -0.503. The number of nitrogens with two attached hydrogens (primary N) is 1. The highest BCUT2D eigenvalue weighted by molar-refractivity contribution is 9.10. The smallest absolute Gasteiger partial charge is 0.263 e. The Bertz CT molecular complexity index is 806. The van der Waals surface area contributed by atoms with Gasteiger partial charge in [0.1, 0.15) is 5.82 Å². The lowest BCUT2D eigenvalue weighted by Gasteiger charge is -2.09. The normalized spacial score (nSPS) is 11.1. The molecule has 0 saturated heterocycles. The number of halogens is 1. The van der Waals surface area contributed by atoms with Gasteiger partial charge in [-0.1, -0.05) is 22.0 Å². The molecule has 0 spiro atoms. The van der Waals surface area contributed by atoms with Crippen molar-refractivity contribution in [2.24, 2.45) is 5.73 Å². The van der Waals surface area contributed by atoms with Gasteiger partial charge in [0.15, 0.2) is 0 Å². The number of aromatic nitrogens is 1. The molecular weight excluding hydrogens is 358 g/mol. The fraction of sp³-hybridized carbons (Fsp3) is 0.0769. The Morgan fingerprint density at radius 1 is 1.29 bits per heavy atom. The predicted molar refractivity (Wildman–Crippen MR) is 82.4 cm³/mol. The molecule has 1 amide bonds. The van der Waals surface area contributed by atoms with Gasteiger partial charge in [-0.25, -0.2) is 13.4 Å². The van der Waals surface area contributed by atoms with E-state index in [0.717, 1.165) is 0 Å². The van der Waals surface area contributed by atoms with Gasteiger partial charge in [-0.15, -0.1) is 0 Å². The standard InChI is InChI=1S/C13H12BrN3O3S/c1-8-3-2-4-12(16-8)17-21(19,20)11-6-9(13(15)18)5-10(14)7-11/h2-7H,1H3,(H2,15,18)(H,16,17). The van der Waals surface area contributed by atoms with Crippen LogP contribution in [0.3, 0.4) is 0 Å². The van der Waals surface area contributed by atoms with E-state index in [2.05, 4.69) is 25.6 Å². The Balaban J connectivity index is 2.42. The summed E-state index contributed by atoms with van der Waals surface area (Å²) in [5.41, 5.74) is 5.96. The molecule has 0 atom stereocenters. The summed E-state index contributed by atoms with van der Waals surface area (Å²) in [7, 11) is -3.86. The predicted octanol–water partition coefficient (Wildman–Crippen LogP) is 2.05. The van der Waals surface area contributed by atoms with Crippen LogP contribution in [0.1, 0.15) is 16.1 Å². The average molecular weight is 370 g/mol. The molecule has 2 rings (SSSR count). The summed E-state index contributed by atoms with van der Waals surface area (Å²) >= 11 is 3.16. The summed E-state index contributed by atoms with van der Waals surface area (Å²) in [6.45, 7) is 1.75. The monoisotopic (exact) mass is 369 g/mol. The first-order chi connectivity index (χ1) is 9.78. The molecule has 0 bridgehead atoms. The number of nitrogens with one attached hydrogen (secondary N) is 1. The Kier molecular flexibility index (Phi) is 4.29. The molecule has 1 heterocycles. The summed E-state index contributed by atoms with van der Waals surface area (Å²) in [6.07, 6.45) is 0. The van der Waals surface area contributed by atoms with E-state index in [-0.39, 0.29) is 16.3 Å². The van der Waals surface area contributed by atoms with E-state index in [4.69, 9.17) is 5.73 Å². The van der Waals surface area contributed by atoms with Crippen LogP contribution in [-0.4, -0.2) is 19.3 Å². The first-order valence-corrected chi connectivity index (χ1v) is 8.12. The highest BCUT2D eigenvalue weighted by Crippen LogP contribution is 2.21. The number of carbonyl (C=O) groups is 1. The molecular formula is C13H12BrN3O3S. The Morgan fingerprint density at radius 2 is 2.00 bits per heavy atom. The van der Waals surface area contributed by atoms with Crippen LogP contribution in [0.5, 0.6) is 0 Å². The molecule has 1 aromatic heterocycles. The van der Waals surface area contributed by atoms with E-state index in [9.17, 15) is 13.2 Å². The zero-order chi connectivity index (χ0) is 15.6. The number of carbonyl (C=O) groups excluding carboxylic acids is 1. The second-order valence-corrected chi connectivity index (χ2v) is 6.91. The fourth-order valence-electron chi connectivity index (χ4n) is 1.66. The molecule has 0 radical (unpaired) electrons.